The molecule has 4 nitrogen and oxygen atoms in total. The Kier molecular flexibility index (Phi) is 3.45. The van der Waals surface area contributed by atoms with Crippen LogP contribution in [0.25, 0.3) is 0 Å². The van der Waals surface area contributed by atoms with Gasteiger partial charge < -0.3 is 14.8 Å². The molecule has 134 valence electrons. The van der Waals surface area contributed by atoms with Crippen LogP contribution in [-0.4, -0.2) is 11.7 Å². The zero-order valence-corrected chi connectivity index (χ0v) is 14.3. The molecule has 2 aliphatic carbocycles. The number of hydrogen-bond donors (Lipinski definition) is 1. The summed E-state index contributed by atoms with van der Waals surface area (Å²) in [4.78, 5) is 12.5. The molecule has 5 heteroatoms. The summed E-state index contributed by atoms with van der Waals surface area (Å²) in [6.45, 7) is 0. The summed E-state index contributed by atoms with van der Waals surface area (Å²) in [7, 11) is 0. The highest BCUT2D eigenvalue weighted by molar-refractivity contribution is 5.95. The third-order valence-corrected chi connectivity index (χ3v) is 5.60. The summed E-state index contributed by atoms with van der Waals surface area (Å²) in [5.41, 5.74) is 1.31. The molecule has 2 aromatic carbocycles. The van der Waals surface area contributed by atoms with E-state index in [0.29, 0.717) is 23.4 Å². The number of hydrogen-bond acceptors (Lipinski definition) is 3. The minimum atomic E-state index is -0.503. The van der Waals surface area contributed by atoms with E-state index in [1.807, 2.05) is 24.3 Å². The number of nitrogens with one attached hydrogen (secondary N) is 1. The van der Waals surface area contributed by atoms with Gasteiger partial charge in [0.2, 0.25) is 5.91 Å². The monoisotopic (exact) mass is 353 g/mol. The molecule has 26 heavy (non-hydrogen) atoms. The number of fused-ring (bicyclic) bond motifs is 1. The van der Waals surface area contributed by atoms with Gasteiger partial charge in [-0.25, -0.2) is 4.39 Å². The quantitative estimate of drug-likeness (QED) is 0.877. The number of benzene rings is 2. The Morgan fingerprint density at radius 1 is 1.08 bits per heavy atom. The number of rotatable bonds is 3. The van der Waals surface area contributed by atoms with E-state index < -0.39 is 5.79 Å². The van der Waals surface area contributed by atoms with Crippen molar-refractivity contribution >= 4 is 11.6 Å². The highest BCUT2D eigenvalue weighted by Gasteiger charge is 2.46. The molecule has 5 rings (SSSR count). The molecular weight excluding hydrogens is 333 g/mol. The van der Waals surface area contributed by atoms with E-state index in [0.717, 1.165) is 31.4 Å². The van der Waals surface area contributed by atoms with Gasteiger partial charge in [0.05, 0.1) is 0 Å². The Labute approximate surface area is 151 Å². The van der Waals surface area contributed by atoms with Gasteiger partial charge in [0.25, 0.3) is 5.79 Å². The molecule has 1 aliphatic heterocycles. The predicted molar refractivity (Wildman–Crippen MR) is 94.8 cm³/mol. The molecule has 0 unspecified atom stereocenters. The minimum Gasteiger partial charge on any atom is -0.448 e. The van der Waals surface area contributed by atoms with E-state index in [1.54, 1.807) is 12.1 Å². The van der Waals surface area contributed by atoms with Crippen LogP contribution in [0.15, 0.2) is 42.5 Å². The largest absolute Gasteiger partial charge is 0.448 e. The molecule has 2 fully saturated rings. The van der Waals surface area contributed by atoms with Crippen LogP contribution < -0.4 is 14.8 Å². The van der Waals surface area contributed by atoms with Crippen molar-refractivity contribution in [3.05, 3.63) is 53.8 Å². The molecule has 1 heterocycles. The van der Waals surface area contributed by atoms with Crippen LogP contribution in [0, 0.1) is 11.7 Å². The number of carbonyl (C=O) groups is 1. The standard InChI is InChI=1S/C21H20FNO3/c22-17-6-2-1-5-14(17)15-12-16(15)20(24)23-13-7-8-18-19(11-13)26-21(25-18)9-3-4-10-21/h1-2,5-8,11,15-16H,3-4,9-10,12H2,(H,23,24)/t15-,16-/m0/s1. The van der Waals surface area contributed by atoms with Gasteiger partial charge >= 0.3 is 0 Å². The topological polar surface area (TPSA) is 47.6 Å². The van der Waals surface area contributed by atoms with Gasteiger partial charge in [0.1, 0.15) is 5.82 Å². The van der Waals surface area contributed by atoms with Gasteiger partial charge in [-0.05, 0) is 48.9 Å². The summed E-state index contributed by atoms with van der Waals surface area (Å²) in [5.74, 6) is 0.389. The van der Waals surface area contributed by atoms with Crippen molar-refractivity contribution in [2.75, 3.05) is 5.32 Å². The number of amides is 1. The molecule has 1 N–H and O–H groups in total. The molecule has 0 saturated heterocycles. The van der Waals surface area contributed by atoms with Gasteiger partial charge in [-0.1, -0.05) is 18.2 Å². The van der Waals surface area contributed by atoms with Crippen LogP contribution in [0.4, 0.5) is 10.1 Å². The molecule has 0 bridgehead atoms. The van der Waals surface area contributed by atoms with Crippen molar-refractivity contribution in [1.29, 1.82) is 0 Å². The second kappa shape index (κ2) is 5.73. The molecule has 2 atom stereocenters. The van der Waals surface area contributed by atoms with Crippen LogP contribution >= 0.6 is 0 Å². The van der Waals surface area contributed by atoms with Gasteiger partial charge in [0.15, 0.2) is 11.5 Å². The zero-order valence-electron chi connectivity index (χ0n) is 14.3. The molecule has 2 aromatic rings. The minimum absolute atomic E-state index is 0.0352. The lowest BCUT2D eigenvalue weighted by atomic mass is 10.1. The maximum Gasteiger partial charge on any atom is 0.251 e. The molecular formula is C21H20FNO3. The van der Waals surface area contributed by atoms with Crippen molar-refractivity contribution in [3.63, 3.8) is 0 Å². The zero-order chi connectivity index (χ0) is 17.7. The Balaban J connectivity index is 1.27. The van der Waals surface area contributed by atoms with Gasteiger partial charge in [-0.2, -0.15) is 0 Å². The van der Waals surface area contributed by atoms with Crippen molar-refractivity contribution in [3.8, 4) is 11.5 Å². The fourth-order valence-electron chi connectivity index (χ4n) is 4.13. The lowest BCUT2D eigenvalue weighted by molar-refractivity contribution is -0.117. The van der Waals surface area contributed by atoms with Gasteiger partial charge in [-0.15, -0.1) is 0 Å². The van der Waals surface area contributed by atoms with Crippen LogP contribution in [0.5, 0.6) is 11.5 Å². The van der Waals surface area contributed by atoms with Crippen LogP contribution in [0.1, 0.15) is 43.6 Å². The summed E-state index contributed by atoms with van der Waals surface area (Å²) < 4.78 is 25.9. The fourth-order valence-corrected chi connectivity index (χ4v) is 4.13. The highest BCUT2D eigenvalue weighted by atomic mass is 19.1. The summed E-state index contributed by atoms with van der Waals surface area (Å²) >= 11 is 0. The Hall–Kier alpha value is -2.56. The molecule has 3 aliphatic rings. The van der Waals surface area contributed by atoms with E-state index in [-0.39, 0.29) is 23.6 Å². The lowest BCUT2D eigenvalue weighted by Crippen LogP contribution is -2.34. The van der Waals surface area contributed by atoms with Crippen molar-refractivity contribution in [2.24, 2.45) is 5.92 Å². The smallest absolute Gasteiger partial charge is 0.251 e. The number of anilines is 1. The maximum absolute atomic E-state index is 13.9. The first-order valence-corrected chi connectivity index (χ1v) is 9.21. The fraction of sp³-hybridized carbons (Fsp3) is 0.381. The Morgan fingerprint density at radius 2 is 1.85 bits per heavy atom. The number of halogens is 1. The second-order valence-electron chi connectivity index (χ2n) is 7.44. The van der Waals surface area contributed by atoms with Crippen LogP contribution in [0.2, 0.25) is 0 Å². The summed E-state index contributed by atoms with van der Waals surface area (Å²) in [6.07, 6.45) is 4.69. The van der Waals surface area contributed by atoms with Gasteiger partial charge in [-0.3, -0.25) is 4.79 Å². The summed E-state index contributed by atoms with van der Waals surface area (Å²) in [6, 6.07) is 12.2. The first kappa shape index (κ1) is 15.7. The third-order valence-electron chi connectivity index (χ3n) is 5.60. The molecule has 0 aromatic heterocycles. The normalized spacial score (nSPS) is 24.7. The maximum atomic E-state index is 13.9. The lowest BCUT2D eigenvalue weighted by Gasteiger charge is -2.21. The number of carbonyl (C=O) groups excluding carboxylic acids is 1. The third kappa shape index (κ3) is 2.62. The average Bonchev–Trinajstić information content (AvgIpc) is 3.17. The van der Waals surface area contributed by atoms with E-state index in [2.05, 4.69) is 5.32 Å². The van der Waals surface area contributed by atoms with Crippen LogP contribution in [0.3, 0.4) is 0 Å². The Bertz CT molecular complexity index is 875. The second-order valence-corrected chi connectivity index (χ2v) is 7.44. The molecule has 1 amide bonds. The summed E-state index contributed by atoms with van der Waals surface area (Å²) in [5, 5.41) is 2.93. The highest BCUT2D eigenvalue weighted by Crippen LogP contribution is 2.50. The van der Waals surface area contributed by atoms with Crippen molar-refractivity contribution < 1.29 is 18.7 Å². The average molecular weight is 353 g/mol. The van der Waals surface area contributed by atoms with Gasteiger partial charge in [0, 0.05) is 30.5 Å². The first-order valence-electron chi connectivity index (χ1n) is 9.21. The molecule has 1 spiro atoms. The first-order chi connectivity index (χ1) is 12.6. The van der Waals surface area contributed by atoms with Crippen molar-refractivity contribution in [1.82, 2.24) is 0 Å². The van der Waals surface area contributed by atoms with Crippen LogP contribution in [-0.2, 0) is 4.79 Å². The van der Waals surface area contributed by atoms with E-state index in [4.69, 9.17) is 9.47 Å². The molecule has 0 radical (unpaired) electrons. The SMILES string of the molecule is O=C(Nc1ccc2c(c1)OC1(CCCC1)O2)[C@H]1C[C@H]1c1ccccc1F. The Morgan fingerprint density at radius 3 is 2.65 bits per heavy atom. The van der Waals surface area contributed by atoms with E-state index in [9.17, 15) is 9.18 Å². The van der Waals surface area contributed by atoms with E-state index >= 15 is 0 Å². The predicted octanol–water partition coefficient (Wildman–Crippen LogP) is 4.61. The molecule has 2 saturated carbocycles. The van der Waals surface area contributed by atoms with E-state index in [1.165, 1.54) is 6.07 Å². The number of ether oxygens (including phenoxy) is 2. The van der Waals surface area contributed by atoms with Crippen molar-refractivity contribution in [2.45, 2.75) is 43.8 Å².